The topological polar surface area (TPSA) is 50.2 Å². The van der Waals surface area contributed by atoms with Crippen LogP contribution in [0.1, 0.15) is 32.7 Å². The number of aromatic nitrogens is 2. The number of anilines is 1. The van der Waals surface area contributed by atoms with Crippen LogP contribution < -0.4 is 15.8 Å². The summed E-state index contributed by atoms with van der Waals surface area (Å²) in [6.45, 7) is 6.83. The van der Waals surface area contributed by atoms with Crippen LogP contribution in [0.25, 0.3) is 0 Å². The third-order valence-electron chi connectivity index (χ3n) is 4.35. The van der Waals surface area contributed by atoms with Gasteiger partial charge in [-0.05, 0) is 39.2 Å². The fourth-order valence-electron chi connectivity index (χ4n) is 3.27. The standard InChI is InChI=1S/C14H21ClN4O/c1-9(2)19-14(20)13(15)12(6-17-19)18-7-10-4-3-5-16-11(10)8-18/h6,9-11,16H,3-5,7-8H2,1-2H3/t10-,11+/m0/s1. The first-order valence-corrected chi connectivity index (χ1v) is 7.71. The minimum Gasteiger partial charge on any atom is -0.367 e. The molecule has 2 aliphatic heterocycles. The predicted molar refractivity (Wildman–Crippen MR) is 80.6 cm³/mol. The summed E-state index contributed by atoms with van der Waals surface area (Å²) in [5.74, 6) is 0.660. The van der Waals surface area contributed by atoms with Gasteiger partial charge >= 0.3 is 0 Å². The molecular formula is C14H21ClN4O. The van der Waals surface area contributed by atoms with Crippen LogP contribution in [-0.4, -0.2) is 35.5 Å². The molecule has 1 N–H and O–H groups in total. The molecule has 110 valence electrons. The fourth-order valence-corrected chi connectivity index (χ4v) is 3.52. The second-order valence-corrected chi connectivity index (χ2v) is 6.43. The van der Waals surface area contributed by atoms with Gasteiger partial charge < -0.3 is 10.2 Å². The lowest BCUT2D eigenvalue weighted by molar-refractivity contribution is 0.340. The third-order valence-corrected chi connectivity index (χ3v) is 4.71. The smallest absolute Gasteiger partial charge is 0.287 e. The first-order valence-electron chi connectivity index (χ1n) is 7.33. The molecular weight excluding hydrogens is 276 g/mol. The van der Waals surface area contributed by atoms with Crippen LogP contribution >= 0.6 is 11.6 Å². The Morgan fingerprint density at radius 2 is 2.25 bits per heavy atom. The van der Waals surface area contributed by atoms with Gasteiger partial charge in [0.15, 0.2) is 0 Å². The van der Waals surface area contributed by atoms with Gasteiger partial charge in [0, 0.05) is 19.1 Å². The number of halogens is 1. The van der Waals surface area contributed by atoms with Crippen LogP contribution in [-0.2, 0) is 0 Å². The van der Waals surface area contributed by atoms with Crippen molar-refractivity contribution in [3.63, 3.8) is 0 Å². The van der Waals surface area contributed by atoms with E-state index in [-0.39, 0.29) is 11.6 Å². The largest absolute Gasteiger partial charge is 0.367 e. The van der Waals surface area contributed by atoms with E-state index in [1.807, 2.05) is 13.8 Å². The van der Waals surface area contributed by atoms with Crippen molar-refractivity contribution in [3.8, 4) is 0 Å². The highest BCUT2D eigenvalue weighted by atomic mass is 35.5. The summed E-state index contributed by atoms with van der Waals surface area (Å²) in [5, 5.41) is 8.11. The fraction of sp³-hybridized carbons (Fsp3) is 0.714. The number of fused-ring (bicyclic) bond motifs is 1. The minimum absolute atomic E-state index is 0.0249. The molecule has 0 unspecified atom stereocenters. The van der Waals surface area contributed by atoms with Crippen molar-refractivity contribution in [2.45, 2.75) is 38.8 Å². The highest BCUT2D eigenvalue weighted by molar-refractivity contribution is 6.33. The molecule has 0 amide bonds. The number of nitrogens with zero attached hydrogens (tertiary/aromatic N) is 3. The lowest BCUT2D eigenvalue weighted by atomic mass is 9.94. The van der Waals surface area contributed by atoms with E-state index in [9.17, 15) is 4.79 Å². The van der Waals surface area contributed by atoms with Crippen molar-refractivity contribution in [3.05, 3.63) is 21.6 Å². The van der Waals surface area contributed by atoms with E-state index in [0.29, 0.717) is 17.0 Å². The Balaban J connectivity index is 1.88. The molecule has 0 saturated carbocycles. The SMILES string of the molecule is CC(C)n1ncc(N2C[C@@H]3CCCN[C@@H]3C2)c(Cl)c1=O. The van der Waals surface area contributed by atoms with E-state index in [2.05, 4.69) is 15.3 Å². The van der Waals surface area contributed by atoms with E-state index in [1.165, 1.54) is 17.5 Å². The van der Waals surface area contributed by atoms with E-state index in [0.717, 1.165) is 25.3 Å². The third kappa shape index (κ3) is 2.33. The van der Waals surface area contributed by atoms with Crippen molar-refractivity contribution in [1.82, 2.24) is 15.1 Å². The zero-order valence-corrected chi connectivity index (χ0v) is 12.7. The van der Waals surface area contributed by atoms with E-state index >= 15 is 0 Å². The molecule has 0 radical (unpaired) electrons. The molecule has 5 nitrogen and oxygen atoms in total. The van der Waals surface area contributed by atoms with Crippen LogP contribution in [0.3, 0.4) is 0 Å². The Morgan fingerprint density at radius 1 is 1.45 bits per heavy atom. The number of nitrogens with one attached hydrogen (secondary N) is 1. The Bertz CT molecular complexity index is 543. The average Bonchev–Trinajstić information content (AvgIpc) is 2.84. The number of rotatable bonds is 2. The van der Waals surface area contributed by atoms with Crippen LogP contribution in [0.15, 0.2) is 11.0 Å². The van der Waals surface area contributed by atoms with Crippen molar-refractivity contribution >= 4 is 17.3 Å². The Kier molecular flexibility index (Phi) is 3.73. The molecule has 0 spiro atoms. The Morgan fingerprint density at radius 3 is 2.95 bits per heavy atom. The van der Waals surface area contributed by atoms with Gasteiger partial charge in [-0.2, -0.15) is 5.10 Å². The Hall–Kier alpha value is -1.07. The highest BCUT2D eigenvalue weighted by Gasteiger charge is 2.35. The molecule has 2 fully saturated rings. The minimum atomic E-state index is -0.193. The average molecular weight is 297 g/mol. The monoisotopic (exact) mass is 296 g/mol. The summed E-state index contributed by atoms with van der Waals surface area (Å²) in [6.07, 6.45) is 4.22. The van der Waals surface area contributed by atoms with Crippen LogP contribution in [0, 0.1) is 5.92 Å². The molecule has 6 heteroatoms. The second-order valence-electron chi connectivity index (χ2n) is 6.06. The molecule has 1 aromatic heterocycles. The van der Waals surface area contributed by atoms with E-state index in [1.54, 1.807) is 6.20 Å². The molecule has 0 aliphatic carbocycles. The molecule has 0 aromatic carbocycles. The molecule has 2 saturated heterocycles. The zero-order valence-electron chi connectivity index (χ0n) is 12.0. The first-order chi connectivity index (χ1) is 9.58. The molecule has 3 rings (SSSR count). The van der Waals surface area contributed by atoms with Crippen LogP contribution in [0.5, 0.6) is 0 Å². The maximum absolute atomic E-state index is 12.2. The van der Waals surface area contributed by atoms with Gasteiger partial charge in [0.2, 0.25) is 0 Å². The van der Waals surface area contributed by atoms with Gasteiger partial charge in [-0.1, -0.05) is 11.6 Å². The molecule has 3 heterocycles. The lowest BCUT2D eigenvalue weighted by Crippen LogP contribution is -2.40. The summed E-state index contributed by atoms with van der Waals surface area (Å²) in [7, 11) is 0. The zero-order chi connectivity index (χ0) is 14.3. The van der Waals surface area contributed by atoms with Crippen LogP contribution in [0.2, 0.25) is 5.02 Å². The highest BCUT2D eigenvalue weighted by Crippen LogP contribution is 2.31. The van der Waals surface area contributed by atoms with Crippen molar-refractivity contribution < 1.29 is 0 Å². The van der Waals surface area contributed by atoms with E-state index in [4.69, 9.17) is 11.6 Å². The number of piperidine rings is 1. The van der Waals surface area contributed by atoms with Gasteiger partial charge in [0.1, 0.15) is 5.02 Å². The molecule has 2 aliphatic rings. The summed E-state index contributed by atoms with van der Waals surface area (Å²) >= 11 is 6.28. The summed E-state index contributed by atoms with van der Waals surface area (Å²) in [6, 6.07) is 0.546. The first kappa shape index (κ1) is 13.9. The van der Waals surface area contributed by atoms with Gasteiger partial charge in [-0.15, -0.1) is 0 Å². The van der Waals surface area contributed by atoms with Gasteiger partial charge in [-0.25, -0.2) is 4.68 Å². The predicted octanol–water partition coefficient (Wildman–Crippen LogP) is 1.67. The quantitative estimate of drug-likeness (QED) is 0.902. The number of hydrogen-bond donors (Lipinski definition) is 1. The van der Waals surface area contributed by atoms with Crippen molar-refractivity contribution in [1.29, 1.82) is 0 Å². The van der Waals surface area contributed by atoms with Crippen LogP contribution in [0.4, 0.5) is 5.69 Å². The van der Waals surface area contributed by atoms with E-state index < -0.39 is 0 Å². The molecule has 2 atom stereocenters. The summed E-state index contributed by atoms with van der Waals surface area (Å²) in [4.78, 5) is 14.4. The summed E-state index contributed by atoms with van der Waals surface area (Å²) in [5.41, 5.74) is 0.590. The molecule has 1 aromatic rings. The second kappa shape index (κ2) is 5.37. The maximum Gasteiger partial charge on any atom is 0.287 e. The maximum atomic E-state index is 12.2. The molecule has 0 bridgehead atoms. The Labute approximate surface area is 123 Å². The normalized spacial score (nSPS) is 26.1. The van der Waals surface area contributed by atoms with Gasteiger partial charge in [0.05, 0.1) is 17.9 Å². The van der Waals surface area contributed by atoms with Crippen molar-refractivity contribution in [2.75, 3.05) is 24.5 Å². The summed E-state index contributed by atoms with van der Waals surface area (Å²) < 4.78 is 1.44. The van der Waals surface area contributed by atoms with Gasteiger partial charge in [-0.3, -0.25) is 4.79 Å². The lowest BCUT2D eigenvalue weighted by Gasteiger charge is -2.24. The number of hydrogen-bond acceptors (Lipinski definition) is 4. The van der Waals surface area contributed by atoms with Crippen molar-refractivity contribution in [2.24, 2.45) is 5.92 Å². The van der Waals surface area contributed by atoms with Gasteiger partial charge in [0.25, 0.3) is 5.56 Å². The molecule has 20 heavy (non-hydrogen) atoms.